The normalized spacial score (nSPS) is 11.6. The molecule has 0 aliphatic rings. The number of nitrogens with two attached hydrogens (primary N) is 1. The minimum atomic E-state index is -0.852. The number of carbonyl (C=O) groups excluding carboxylic acids is 2. The number of carbonyl (C=O) groups is 2. The standard InChI is InChI=1S/C19H22N2O3/c1-4-17(24-19(23)14-7-9-15(20)10-8-14)18(22)21-16-11-12(2)5-6-13(16)3/h5-11,17H,4,20H2,1-3H3,(H,21,22). The molecular formula is C19H22N2O3. The van der Waals surface area contributed by atoms with E-state index in [9.17, 15) is 9.59 Å². The lowest BCUT2D eigenvalue weighted by molar-refractivity contribution is -0.124. The van der Waals surface area contributed by atoms with E-state index >= 15 is 0 Å². The van der Waals surface area contributed by atoms with E-state index in [1.807, 2.05) is 32.0 Å². The fourth-order valence-electron chi connectivity index (χ4n) is 2.22. The number of anilines is 2. The Hall–Kier alpha value is -2.82. The molecule has 0 heterocycles. The zero-order valence-electron chi connectivity index (χ0n) is 14.1. The van der Waals surface area contributed by atoms with Gasteiger partial charge in [-0.05, 0) is 61.7 Å². The molecule has 24 heavy (non-hydrogen) atoms. The van der Waals surface area contributed by atoms with E-state index in [0.29, 0.717) is 17.7 Å². The van der Waals surface area contributed by atoms with Gasteiger partial charge < -0.3 is 15.8 Å². The summed E-state index contributed by atoms with van der Waals surface area (Å²) in [5.41, 5.74) is 9.24. The third-order valence-electron chi connectivity index (χ3n) is 3.71. The number of nitrogen functional groups attached to an aromatic ring is 1. The predicted octanol–water partition coefficient (Wildman–Crippen LogP) is 3.46. The van der Waals surface area contributed by atoms with Crippen LogP contribution in [0.4, 0.5) is 11.4 Å². The lowest BCUT2D eigenvalue weighted by Gasteiger charge is -2.17. The van der Waals surface area contributed by atoms with Crippen molar-refractivity contribution in [2.24, 2.45) is 0 Å². The molecule has 2 aromatic carbocycles. The number of esters is 1. The van der Waals surface area contributed by atoms with Gasteiger partial charge in [-0.1, -0.05) is 19.1 Å². The van der Waals surface area contributed by atoms with E-state index in [1.165, 1.54) is 0 Å². The van der Waals surface area contributed by atoms with Gasteiger partial charge in [0.1, 0.15) is 0 Å². The maximum absolute atomic E-state index is 12.4. The summed E-state index contributed by atoms with van der Waals surface area (Å²) in [6, 6.07) is 12.2. The van der Waals surface area contributed by atoms with E-state index in [2.05, 4.69) is 5.32 Å². The SMILES string of the molecule is CCC(OC(=O)c1ccc(N)cc1)C(=O)Nc1cc(C)ccc1C. The second kappa shape index (κ2) is 7.64. The number of benzene rings is 2. The Kier molecular flexibility index (Phi) is 5.58. The molecule has 126 valence electrons. The van der Waals surface area contributed by atoms with E-state index in [4.69, 9.17) is 10.5 Å². The second-order valence-corrected chi connectivity index (χ2v) is 5.73. The lowest BCUT2D eigenvalue weighted by Crippen LogP contribution is -2.32. The number of rotatable bonds is 5. The lowest BCUT2D eigenvalue weighted by atomic mass is 10.1. The monoisotopic (exact) mass is 326 g/mol. The van der Waals surface area contributed by atoms with Gasteiger partial charge >= 0.3 is 5.97 Å². The summed E-state index contributed by atoms with van der Waals surface area (Å²) < 4.78 is 5.34. The van der Waals surface area contributed by atoms with Gasteiger partial charge in [0, 0.05) is 11.4 Å². The maximum Gasteiger partial charge on any atom is 0.338 e. The van der Waals surface area contributed by atoms with Crippen molar-refractivity contribution in [2.45, 2.75) is 33.3 Å². The molecule has 2 aromatic rings. The van der Waals surface area contributed by atoms with Gasteiger partial charge in [0.25, 0.3) is 5.91 Å². The largest absolute Gasteiger partial charge is 0.449 e. The van der Waals surface area contributed by atoms with Crippen LogP contribution in [0.15, 0.2) is 42.5 Å². The minimum absolute atomic E-state index is 0.338. The molecule has 0 aliphatic carbocycles. The Bertz CT molecular complexity index is 739. The first-order valence-electron chi connectivity index (χ1n) is 7.85. The molecule has 3 N–H and O–H groups in total. The molecule has 1 amide bonds. The van der Waals surface area contributed by atoms with Gasteiger partial charge in [0.15, 0.2) is 6.10 Å². The molecule has 0 saturated heterocycles. The van der Waals surface area contributed by atoms with Crippen LogP contribution >= 0.6 is 0 Å². The average molecular weight is 326 g/mol. The summed E-state index contributed by atoms with van der Waals surface area (Å²) in [7, 11) is 0. The van der Waals surface area contributed by atoms with Gasteiger partial charge in [-0.15, -0.1) is 0 Å². The summed E-state index contributed by atoms with van der Waals surface area (Å²) in [5.74, 6) is -0.882. The zero-order chi connectivity index (χ0) is 17.7. The molecule has 1 unspecified atom stereocenters. The smallest absolute Gasteiger partial charge is 0.338 e. The fourth-order valence-corrected chi connectivity index (χ4v) is 2.22. The summed E-state index contributed by atoms with van der Waals surface area (Å²) in [4.78, 5) is 24.6. The highest BCUT2D eigenvalue weighted by atomic mass is 16.5. The van der Waals surface area contributed by atoms with Crippen LogP contribution in [0.1, 0.15) is 34.8 Å². The van der Waals surface area contributed by atoms with Crippen LogP contribution in [-0.4, -0.2) is 18.0 Å². The average Bonchev–Trinajstić information content (AvgIpc) is 2.56. The van der Waals surface area contributed by atoms with Crippen molar-refractivity contribution in [3.8, 4) is 0 Å². The van der Waals surface area contributed by atoms with Crippen LogP contribution in [0.2, 0.25) is 0 Å². The molecule has 0 bridgehead atoms. The van der Waals surface area contributed by atoms with Gasteiger partial charge in [0.05, 0.1) is 5.56 Å². The van der Waals surface area contributed by atoms with Crippen molar-refractivity contribution >= 4 is 23.3 Å². The first kappa shape index (κ1) is 17.5. The Morgan fingerprint density at radius 1 is 1.12 bits per heavy atom. The Labute approximate surface area is 141 Å². The van der Waals surface area contributed by atoms with Gasteiger partial charge in [-0.25, -0.2) is 4.79 Å². The van der Waals surface area contributed by atoms with Crippen molar-refractivity contribution in [3.05, 3.63) is 59.2 Å². The third-order valence-corrected chi connectivity index (χ3v) is 3.71. The highest BCUT2D eigenvalue weighted by molar-refractivity contribution is 5.98. The van der Waals surface area contributed by atoms with Crippen LogP contribution in [-0.2, 0) is 9.53 Å². The van der Waals surface area contributed by atoms with Crippen molar-refractivity contribution in [1.29, 1.82) is 0 Å². The van der Waals surface area contributed by atoms with Crippen LogP contribution in [0.25, 0.3) is 0 Å². The predicted molar refractivity (Wildman–Crippen MR) is 94.9 cm³/mol. The molecule has 5 nitrogen and oxygen atoms in total. The van der Waals surface area contributed by atoms with E-state index < -0.39 is 12.1 Å². The van der Waals surface area contributed by atoms with Gasteiger partial charge in [-0.2, -0.15) is 0 Å². The summed E-state index contributed by atoms with van der Waals surface area (Å²) in [6.07, 6.45) is -0.466. The van der Waals surface area contributed by atoms with Gasteiger partial charge in [-0.3, -0.25) is 4.79 Å². The van der Waals surface area contributed by atoms with Crippen molar-refractivity contribution in [3.63, 3.8) is 0 Å². The Balaban J connectivity index is 2.07. The Morgan fingerprint density at radius 2 is 1.79 bits per heavy atom. The van der Waals surface area contributed by atoms with Gasteiger partial charge in [0.2, 0.25) is 0 Å². The molecule has 2 rings (SSSR count). The van der Waals surface area contributed by atoms with Crippen LogP contribution in [0.3, 0.4) is 0 Å². The van der Waals surface area contributed by atoms with E-state index in [0.717, 1.165) is 16.8 Å². The van der Waals surface area contributed by atoms with Crippen molar-refractivity contribution in [1.82, 2.24) is 0 Å². The zero-order valence-corrected chi connectivity index (χ0v) is 14.1. The molecular weight excluding hydrogens is 304 g/mol. The highest BCUT2D eigenvalue weighted by Crippen LogP contribution is 2.18. The van der Waals surface area contributed by atoms with Crippen molar-refractivity contribution < 1.29 is 14.3 Å². The van der Waals surface area contributed by atoms with Crippen molar-refractivity contribution in [2.75, 3.05) is 11.1 Å². The summed E-state index contributed by atoms with van der Waals surface area (Å²) in [5, 5.41) is 2.83. The molecule has 0 spiro atoms. The Morgan fingerprint density at radius 3 is 2.42 bits per heavy atom. The maximum atomic E-state index is 12.4. The third kappa shape index (κ3) is 4.35. The minimum Gasteiger partial charge on any atom is -0.449 e. The molecule has 0 aliphatic heterocycles. The fraction of sp³-hybridized carbons (Fsp3) is 0.263. The number of amides is 1. The number of nitrogens with one attached hydrogen (secondary N) is 1. The second-order valence-electron chi connectivity index (χ2n) is 5.73. The van der Waals surface area contributed by atoms with E-state index in [1.54, 1.807) is 31.2 Å². The highest BCUT2D eigenvalue weighted by Gasteiger charge is 2.22. The summed E-state index contributed by atoms with van der Waals surface area (Å²) in [6.45, 7) is 5.66. The number of aryl methyl sites for hydroxylation is 2. The first-order chi connectivity index (χ1) is 11.4. The van der Waals surface area contributed by atoms with Crippen LogP contribution < -0.4 is 11.1 Å². The molecule has 5 heteroatoms. The molecule has 1 atom stereocenters. The molecule has 0 saturated carbocycles. The number of ether oxygens (including phenoxy) is 1. The van der Waals surface area contributed by atoms with Crippen LogP contribution in [0, 0.1) is 13.8 Å². The van der Waals surface area contributed by atoms with E-state index in [-0.39, 0.29) is 5.91 Å². The number of hydrogen-bond donors (Lipinski definition) is 2. The summed E-state index contributed by atoms with van der Waals surface area (Å²) >= 11 is 0. The topological polar surface area (TPSA) is 81.4 Å². The number of hydrogen-bond acceptors (Lipinski definition) is 4. The molecule has 0 radical (unpaired) electrons. The first-order valence-corrected chi connectivity index (χ1v) is 7.85. The molecule has 0 fully saturated rings. The quantitative estimate of drug-likeness (QED) is 0.651. The van der Waals surface area contributed by atoms with Crippen LogP contribution in [0.5, 0.6) is 0 Å². The molecule has 0 aromatic heterocycles.